The quantitative estimate of drug-likeness (QED) is 0.161. The first kappa shape index (κ1) is 34.2. The topological polar surface area (TPSA) is 21.3 Å². The summed E-state index contributed by atoms with van der Waals surface area (Å²) in [5.74, 6) is 0. The Morgan fingerprint density at radius 2 is 0.917 bits per heavy atom. The molecule has 0 saturated carbocycles. The minimum atomic E-state index is -0.504. The molecular weight excluding hydrogens is 729 g/mol. The van der Waals surface area contributed by atoms with Crippen LogP contribution in [0.15, 0.2) is 235 Å². The predicted octanol–water partition coefficient (Wildman–Crippen LogP) is 15.0. The summed E-state index contributed by atoms with van der Waals surface area (Å²) in [6.45, 7) is 0. The number of hydrogen-bond acceptors (Lipinski definition) is 2. The lowest BCUT2D eigenvalue weighted by molar-refractivity contribution is 0.674. The van der Waals surface area contributed by atoms with E-state index in [0.717, 1.165) is 66.8 Å². The summed E-state index contributed by atoms with van der Waals surface area (Å²) < 4.78 is 9.31. The molecule has 0 fully saturated rings. The number of anilines is 3. The third-order valence-corrected chi connectivity index (χ3v) is 12.4. The molecule has 2 heterocycles. The molecule has 60 heavy (non-hydrogen) atoms. The molecule has 0 N–H and O–H groups in total. The molecular formula is C57H38N2O. The summed E-state index contributed by atoms with van der Waals surface area (Å²) >= 11 is 0. The molecule has 282 valence electrons. The van der Waals surface area contributed by atoms with Crippen molar-refractivity contribution in [3.63, 3.8) is 0 Å². The van der Waals surface area contributed by atoms with Crippen molar-refractivity contribution in [1.29, 1.82) is 0 Å². The number of fused-ring (bicyclic) bond motifs is 8. The maximum absolute atomic E-state index is 6.97. The van der Waals surface area contributed by atoms with Crippen molar-refractivity contribution in [2.24, 2.45) is 0 Å². The van der Waals surface area contributed by atoms with Crippen LogP contribution < -0.4 is 4.90 Å². The van der Waals surface area contributed by atoms with Crippen LogP contribution in [-0.2, 0) is 5.41 Å². The van der Waals surface area contributed by atoms with Crippen LogP contribution >= 0.6 is 0 Å². The monoisotopic (exact) mass is 766 g/mol. The van der Waals surface area contributed by atoms with Crippen molar-refractivity contribution in [2.75, 3.05) is 4.90 Å². The van der Waals surface area contributed by atoms with Crippen molar-refractivity contribution >= 4 is 50.0 Å². The Morgan fingerprint density at radius 1 is 0.383 bits per heavy atom. The zero-order chi connectivity index (χ0) is 39.6. The Balaban J connectivity index is 1.05. The molecule has 0 spiro atoms. The molecule has 0 unspecified atom stereocenters. The van der Waals surface area contributed by atoms with Crippen molar-refractivity contribution in [3.05, 3.63) is 253 Å². The second-order valence-corrected chi connectivity index (χ2v) is 15.6. The predicted molar refractivity (Wildman–Crippen MR) is 248 cm³/mol. The lowest BCUT2D eigenvalue weighted by Gasteiger charge is -2.35. The highest BCUT2D eigenvalue weighted by molar-refractivity contribution is 6.18. The molecule has 9 aromatic carbocycles. The molecule has 1 aliphatic carbocycles. The van der Waals surface area contributed by atoms with E-state index in [4.69, 9.17) is 4.42 Å². The fourth-order valence-corrected chi connectivity index (χ4v) is 9.99. The summed E-state index contributed by atoms with van der Waals surface area (Å²) in [5, 5.41) is 2.19. The van der Waals surface area contributed by atoms with E-state index < -0.39 is 5.41 Å². The number of benzene rings is 9. The van der Waals surface area contributed by atoms with Gasteiger partial charge in [0.15, 0.2) is 5.58 Å². The van der Waals surface area contributed by atoms with Gasteiger partial charge in [-0.15, -0.1) is 0 Å². The molecule has 0 amide bonds. The number of rotatable bonds is 7. The Morgan fingerprint density at radius 3 is 1.67 bits per heavy atom. The minimum Gasteiger partial charge on any atom is -0.453 e. The van der Waals surface area contributed by atoms with E-state index in [9.17, 15) is 0 Å². The fraction of sp³-hybridized carbons (Fsp3) is 0.0175. The van der Waals surface area contributed by atoms with E-state index in [1.165, 1.54) is 33.4 Å². The zero-order valence-electron chi connectivity index (χ0n) is 32.7. The third-order valence-electron chi connectivity index (χ3n) is 12.4. The van der Waals surface area contributed by atoms with Gasteiger partial charge in [-0.1, -0.05) is 164 Å². The SMILES string of the molecule is c1ccc(N(c2cccc(-c3cccc4c3oc3c5ccccc5n(-c5ccccc5)c43)c2)c2cccc(C3(c4ccccc4)c4ccccc4-c4ccccc43)c2)cc1. The van der Waals surface area contributed by atoms with Crippen LogP contribution in [0, 0.1) is 0 Å². The first-order valence-electron chi connectivity index (χ1n) is 20.6. The number of para-hydroxylation sites is 4. The van der Waals surface area contributed by atoms with Gasteiger partial charge in [0, 0.05) is 39.1 Å². The highest BCUT2D eigenvalue weighted by Crippen LogP contribution is 2.56. The largest absolute Gasteiger partial charge is 0.453 e. The van der Waals surface area contributed by atoms with Crippen LogP contribution in [0.4, 0.5) is 17.1 Å². The van der Waals surface area contributed by atoms with Gasteiger partial charge in [-0.2, -0.15) is 0 Å². The van der Waals surface area contributed by atoms with E-state index in [1.807, 2.05) is 0 Å². The Kier molecular flexibility index (Phi) is 7.76. The van der Waals surface area contributed by atoms with Crippen LogP contribution in [0.2, 0.25) is 0 Å². The van der Waals surface area contributed by atoms with Gasteiger partial charge in [0.2, 0.25) is 0 Å². The van der Waals surface area contributed by atoms with Crippen molar-refractivity contribution in [2.45, 2.75) is 5.41 Å². The van der Waals surface area contributed by atoms with Crippen LogP contribution in [0.3, 0.4) is 0 Å². The van der Waals surface area contributed by atoms with E-state index in [2.05, 4.69) is 240 Å². The summed E-state index contributed by atoms with van der Waals surface area (Å²) in [6.07, 6.45) is 0. The third kappa shape index (κ3) is 5.03. The summed E-state index contributed by atoms with van der Waals surface area (Å²) in [4.78, 5) is 2.38. The van der Waals surface area contributed by atoms with E-state index in [-0.39, 0.29) is 0 Å². The van der Waals surface area contributed by atoms with Crippen molar-refractivity contribution < 1.29 is 4.42 Å². The summed E-state index contributed by atoms with van der Waals surface area (Å²) in [6, 6.07) is 83.3. The molecule has 12 rings (SSSR count). The van der Waals surface area contributed by atoms with Crippen molar-refractivity contribution in [3.8, 4) is 27.9 Å². The maximum Gasteiger partial charge on any atom is 0.161 e. The van der Waals surface area contributed by atoms with Crippen LogP contribution in [0.25, 0.3) is 60.9 Å². The van der Waals surface area contributed by atoms with Gasteiger partial charge >= 0.3 is 0 Å². The maximum atomic E-state index is 6.97. The molecule has 1 aliphatic rings. The lowest BCUT2D eigenvalue weighted by atomic mass is 9.67. The summed E-state index contributed by atoms with van der Waals surface area (Å²) in [5.41, 5.74) is 17.6. The number of aromatic nitrogens is 1. The zero-order valence-corrected chi connectivity index (χ0v) is 32.7. The van der Waals surface area contributed by atoms with Gasteiger partial charge in [-0.25, -0.2) is 0 Å². The Hall–Kier alpha value is -7.88. The first-order valence-corrected chi connectivity index (χ1v) is 20.6. The lowest BCUT2D eigenvalue weighted by Crippen LogP contribution is -2.28. The van der Waals surface area contributed by atoms with E-state index in [1.54, 1.807) is 0 Å². The molecule has 2 aromatic heterocycles. The van der Waals surface area contributed by atoms with Crippen molar-refractivity contribution in [1.82, 2.24) is 4.57 Å². The standard InChI is InChI=1S/C57H38N2O/c1-4-20-40(21-5-1)57(51-34-13-10-29-47(51)48-30-11-14-35-52(48)57)41-22-17-28-45(38-41)58(42-23-6-2-7-24-42)44-27-16-19-39(37-44)46-32-18-33-50-54-56(60-55(46)50)49-31-12-15-36-53(49)59(54)43-25-8-3-9-26-43/h1-38H. The molecule has 0 saturated heterocycles. The van der Waals surface area contributed by atoms with Gasteiger partial charge in [0.25, 0.3) is 0 Å². The van der Waals surface area contributed by atoms with Crippen LogP contribution in [0.1, 0.15) is 22.3 Å². The number of nitrogens with zero attached hydrogens (tertiary/aromatic N) is 2. The van der Waals surface area contributed by atoms with Gasteiger partial charge < -0.3 is 13.9 Å². The second kappa shape index (κ2) is 13.6. The number of furan rings is 1. The first-order chi connectivity index (χ1) is 29.8. The molecule has 3 nitrogen and oxygen atoms in total. The van der Waals surface area contributed by atoms with Gasteiger partial charge in [0.05, 0.1) is 10.9 Å². The van der Waals surface area contributed by atoms with Gasteiger partial charge in [0.1, 0.15) is 11.1 Å². The van der Waals surface area contributed by atoms with Gasteiger partial charge in [-0.3, -0.25) is 0 Å². The normalized spacial score (nSPS) is 12.8. The van der Waals surface area contributed by atoms with Crippen LogP contribution in [0.5, 0.6) is 0 Å². The second-order valence-electron chi connectivity index (χ2n) is 15.6. The Bertz CT molecular complexity index is 3330. The molecule has 0 atom stereocenters. The average molecular weight is 767 g/mol. The van der Waals surface area contributed by atoms with Crippen LogP contribution in [-0.4, -0.2) is 4.57 Å². The Labute approximate surface area is 348 Å². The molecule has 11 aromatic rings. The molecule has 0 aliphatic heterocycles. The fourth-order valence-electron chi connectivity index (χ4n) is 9.99. The number of hydrogen-bond donors (Lipinski definition) is 0. The molecule has 0 radical (unpaired) electrons. The minimum absolute atomic E-state index is 0.504. The average Bonchev–Trinajstić information content (AvgIpc) is 3.96. The smallest absolute Gasteiger partial charge is 0.161 e. The van der Waals surface area contributed by atoms with Gasteiger partial charge in [-0.05, 0) is 106 Å². The molecule has 0 bridgehead atoms. The molecule has 3 heteroatoms. The van der Waals surface area contributed by atoms with E-state index in [0.29, 0.717) is 0 Å². The highest BCUT2D eigenvalue weighted by Gasteiger charge is 2.46. The van der Waals surface area contributed by atoms with E-state index >= 15 is 0 Å². The highest BCUT2D eigenvalue weighted by atomic mass is 16.3. The summed E-state index contributed by atoms with van der Waals surface area (Å²) in [7, 11) is 0.